The van der Waals surface area contributed by atoms with Gasteiger partial charge in [-0.05, 0) is 0 Å². The van der Waals surface area contributed by atoms with Crippen LogP contribution in [-0.4, -0.2) is 21.8 Å². The Balaban J connectivity index is -0.0000000612. The zero-order chi connectivity index (χ0) is 17.7. The zero-order valence-electron chi connectivity index (χ0n) is 12.5. The van der Waals surface area contributed by atoms with Crippen molar-refractivity contribution in [2.45, 2.75) is 38.5 Å². The summed E-state index contributed by atoms with van der Waals surface area (Å²) in [4.78, 5) is 0. The predicted octanol–water partition coefficient (Wildman–Crippen LogP) is 3.36. The molecule has 0 nitrogen and oxygen atoms in total. The summed E-state index contributed by atoms with van der Waals surface area (Å²) in [5.41, 5.74) is 0. The summed E-state index contributed by atoms with van der Waals surface area (Å²) in [5, 5.41) is 0. The van der Waals surface area contributed by atoms with Gasteiger partial charge < -0.3 is 53.2 Å². The van der Waals surface area contributed by atoms with E-state index in [9.17, 15) is 51.8 Å². The fourth-order valence-corrected chi connectivity index (χ4v) is 1.06. The largest absolute Gasteiger partial charge is 1.00 e. The zero-order valence-corrected chi connectivity index (χ0v) is 14.6. The number of hydrogen-bond acceptors (Lipinski definition) is 0. The van der Waals surface area contributed by atoms with Crippen molar-refractivity contribution in [2.75, 3.05) is 0 Å². The van der Waals surface area contributed by atoms with Gasteiger partial charge in [-0.2, -0.15) is 0 Å². The molecular weight excluding hydrogens is 372 g/mol. The molecule has 0 heterocycles. The summed E-state index contributed by atoms with van der Waals surface area (Å²) in [6.07, 6.45) is 9.00. The van der Waals surface area contributed by atoms with Gasteiger partial charge in [-0.1, -0.05) is 38.5 Å². The first-order valence-electron chi connectivity index (χ1n) is 5.62. The minimum absolute atomic E-state index is 0. The van der Waals surface area contributed by atoms with Crippen molar-refractivity contribution >= 4 is 21.8 Å². The van der Waals surface area contributed by atoms with Crippen LogP contribution in [0, 0.1) is 0 Å². The van der Waals surface area contributed by atoms with E-state index in [1.165, 1.54) is 38.5 Å². The van der Waals surface area contributed by atoms with E-state index in [1.54, 1.807) is 0 Å². The SMILES string of the molecule is C1CCCCC1.F[B-](F)(F)F.F[B-](F)(F)F.F[B-](F)(F)F.[H-].[K+]. The topological polar surface area (TPSA) is 0 Å². The Bertz CT molecular complexity index is 170. The fraction of sp³-hybridized carbons (Fsp3) is 1.00. The average Bonchev–Trinajstić information content (AvgIpc) is 2.12. The van der Waals surface area contributed by atoms with Crippen LogP contribution in [0.1, 0.15) is 40.0 Å². The van der Waals surface area contributed by atoms with Gasteiger partial charge in [0.05, 0.1) is 0 Å². The molecule has 0 N–H and O–H groups in total. The minimum Gasteiger partial charge on any atom is -1.00 e. The van der Waals surface area contributed by atoms with E-state index in [1.807, 2.05) is 0 Å². The molecule has 1 rings (SSSR count). The molecule has 134 valence electrons. The first-order chi connectivity index (χ1) is 9.00. The fourth-order valence-electron chi connectivity index (χ4n) is 1.06. The van der Waals surface area contributed by atoms with Crippen LogP contribution in [0.2, 0.25) is 0 Å². The number of rotatable bonds is 0. The van der Waals surface area contributed by atoms with Crippen LogP contribution in [0.4, 0.5) is 51.8 Å². The molecular formula is C6H13B3F12K-3. The second kappa shape index (κ2) is 15.5. The van der Waals surface area contributed by atoms with Crippen LogP contribution >= 0.6 is 0 Å². The maximum absolute atomic E-state index is 9.75. The summed E-state index contributed by atoms with van der Waals surface area (Å²) >= 11 is 0. The molecule has 0 aromatic carbocycles. The van der Waals surface area contributed by atoms with Gasteiger partial charge in [-0.3, -0.25) is 0 Å². The van der Waals surface area contributed by atoms with E-state index in [4.69, 9.17) is 0 Å². The Morgan fingerprint density at radius 1 is 0.364 bits per heavy atom. The molecule has 1 aliphatic rings. The van der Waals surface area contributed by atoms with Crippen molar-refractivity contribution < 1.29 is 105 Å². The average molecular weight is 385 g/mol. The van der Waals surface area contributed by atoms with Crippen LogP contribution in [-0.2, 0) is 0 Å². The summed E-state index contributed by atoms with van der Waals surface area (Å²) < 4.78 is 117. The predicted molar refractivity (Wildman–Crippen MR) is 59.4 cm³/mol. The van der Waals surface area contributed by atoms with Crippen LogP contribution in [0.25, 0.3) is 0 Å². The van der Waals surface area contributed by atoms with Gasteiger partial charge in [0.25, 0.3) is 0 Å². The summed E-state index contributed by atoms with van der Waals surface area (Å²) in [5.74, 6) is 0. The molecule has 0 atom stereocenters. The third-order valence-corrected chi connectivity index (χ3v) is 1.50. The van der Waals surface area contributed by atoms with Crippen LogP contribution in [0.5, 0.6) is 0 Å². The quantitative estimate of drug-likeness (QED) is 0.444. The van der Waals surface area contributed by atoms with Gasteiger partial charge in [0.1, 0.15) is 0 Å². The molecule has 0 unspecified atom stereocenters. The van der Waals surface area contributed by atoms with E-state index >= 15 is 0 Å². The van der Waals surface area contributed by atoms with Gasteiger partial charge in [0.2, 0.25) is 0 Å². The minimum atomic E-state index is -6.00. The van der Waals surface area contributed by atoms with E-state index in [2.05, 4.69) is 0 Å². The van der Waals surface area contributed by atoms with Gasteiger partial charge in [-0.25, -0.2) is 0 Å². The van der Waals surface area contributed by atoms with Crippen LogP contribution in [0.15, 0.2) is 0 Å². The molecule has 1 aliphatic carbocycles. The molecule has 0 radical (unpaired) electrons. The maximum Gasteiger partial charge on any atom is 1.00 e. The standard InChI is InChI=1S/C6H12.3BF4.K.H/c1-2-4-6-5-3-1;3*2-1(3,4)5;;/h1-6H2;;;;;/q;3*-1;+1;-1. The summed E-state index contributed by atoms with van der Waals surface area (Å²) in [7, 11) is -18.0. The van der Waals surface area contributed by atoms with Gasteiger partial charge in [0.15, 0.2) is 0 Å². The van der Waals surface area contributed by atoms with Crippen molar-refractivity contribution in [3.8, 4) is 0 Å². The van der Waals surface area contributed by atoms with Crippen LogP contribution < -0.4 is 51.4 Å². The second-order valence-corrected chi connectivity index (χ2v) is 3.61. The van der Waals surface area contributed by atoms with Crippen molar-refractivity contribution in [1.82, 2.24) is 0 Å². The number of hydrogen-bond donors (Lipinski definition) is 0. The molecule has 0 saturated heterocycles. The first-order valence-corrected chi connectivity index (χ1v) is 5.62. The Morgan fingerprint density at radius 3 is 0.455 bits per heavy atom. The monoisotopic (exact) mass is 385 g/mol. The Labute approximate surface area is 164 Å². The molecule has 16 heteroatoms. The molecule has 0 amide bonds. The normalized spacial score (nSPS) is 14.7. The van der Waals surface area contributed by atoms with E-state index in [-0.39, 0.29) is 52.8 Å². The van der Waals surface area contributed by atoms with Crippen LogP contribution in [0.3, 0.4) is 0 Å². The molecule has 1 saturated carbocycles. The molecule has 22 heavy (non-hydrogen) atoms. The molecule has 0 bridgehead atoms. The van der Waals surface area contributed by atoms with Gasteiger partial charge >= 0.3 is 73.1 Å². The summed E-state index contributed by atoms with van der Waals surface area (Å²) in [6.45, 7) is 0. The molecule has 0 spiro atoms. The summed E-state index contributed by atoms with van der Waals surface area (Å²) in [6, 6.07) is 0. The van der Waals surface area contributed by atoms with E-state index in [0.717, 1.165) is 0 Å². The number of halogens is 12. The Kier molecular flexibility index (Phi) is 21.7. The Hall–Kier alpha value is 0.991. The molecule has 1 fully saturated rings. The van der Waals surface area contributed by atoms with Crippen molar-refractivity contribution in [1.29, 1.82) is 0 Å². The van der Waals surface area contributed by atoms with E-state index < -0.39 is 21.8 Å². The Morgan fingerprint density at radius 2 is 0.409 bits per heavy atom. The maximum atomic E-state index is 9.75. The third kappa shape index (κ3) is 172. The van der Waals surface area contributed by atoms with Crippen molar-refractivity contribution in [3.63, 3.8) is 0 Å². The third-order valence-electron chi connectivity index (χ3n) is 1.50. The van der Waals surface area contributed by atoms with E-state index in [0.29, 0.717) is 0 Å². The smallest absolute Gasteiger partial charge is 1.00 e. The first kappa shape index (κ1) is 30.8. The second-order valence-electron chi connectivity index (χ2n) is 3.61. The van der Waals surface area contributed by atoms with Crippen molar-refractivity contribution in [3.05, 3.63) is 0 Å². The van der Waals surface area contributed by atoms with Gasteiger partial charge in [0, 0.05) is 0 Å². The van der Waals surface area contributed by atoms with Crippen molar-refractivity contribution in [2.24, 2.45) is 0 Å². The molecule has 0 aromatic rings. The molecule has 0 aliphatic heterocycles. The molecule has 0 aromatic heterocycles. The van der Waals surface area contributed by atoms with Gasteiger partial charge in [-0.15, -0.1) is 0 Å².